The normalized spacial score (nSPS) is 15.5. The third-order valence-electron chi connectivity index (χ3n) is 2.96. The van der Waals surface area contributed by atoms with E-state index in [1.165, 1.54) is 7.05 Å². The van der Waals surface area contributed by atoms with Gasteiger partial charge < -0.3 is 5.73 Å². The lowest BCUT2D eigenvalue weighted by atomic mass is 9.91. The van der Waals surface area contributed by atoms with Crippen molar-refractivity contribution in [2.45, 2.75) is 37.1 Å². The van der Waals surface area contributed by atoms with Crippen LogP contribution in [0.15, 0.2) is 29.2 Å². The third-order valence-corrected chi connectivity index (χ3v) is 4.39. The van der Waals surface area contributed by atoms with E-state index >= 15 is 0 Å². The fraction of sp³-hybridized carbons (Fsp3) is 0.500. The molecule has 0 spiro atoms. The second kappa shape index (κ2) is 5.62. The fourth-order valence-corrected chi connectivity index (χ4v) is 2.65. The quantitative estimate of drug-likeness (QED) is 0.837. The highest BCUT2D eigenvalue weighted by atomic mass is 32.2. The third kappa shape index (κ3) is 3.28. The van der Waals surface area contributed by atoms with Gasteiger partial charge in [0.2, 0.25) is 10.0 Å². The Kier molecular flexibility index (Phi) is 4.68. The number of nitrogens with one attached hydrogen (secondary N) is 1. The maximum absolute atomic E-state index is 11.5. The van der Waals surface area contributed by atoms with Gasteiger partial charge >= 0.3 is 0 Å². The number of benzene rings is 1. The minimum Gasteiger partial charge on any atom is -0.327 e. The standard InChI is InChI=1S/C12H20N2O2S/c1-4-12(9(2)13)10-5-7-11(8-6-10)17(15,16)14-3/h5-9,12,14H,4,13H2,1-3H3. The van der Waals surface area contributed by atoms with Gasteiger partial charge in [0, 0.05) is 6.04 Å². The average molecular weight is 256 g/mol. The topological polar surface area (TPSA) is 72.2 Å². The minimum atomic E-state index is -3.35. The molecule has 0 saturated heterocycles. The zero-order valence-corrected chi connectivity index (χ0v) is 11.3. The van der Waals surface area contributed by atoms with Crippen molar-refractivity contribution < 1.29 is 8.42 Å². The summed E-state index contributed by atoms with van der Waals surface area (Å²) in [6.45, 7) is 4.04. The van der Waals surface area contributed by atoms with E-state index in [2.05, 4.69) is 11.6 Å². The van der Waals surface area contributed by atoms with Gasteiger partial charge in [-0.3, -0.25) is 0 Å². The van der Waals surface area contributed by atoms with Crippen molar-refractivity contribution in [3.05, 3.63) is 29.8 Å². The first kappa shape index (κ1) is 14.2. The molecule has 3 N–H and O–H groups in total. The fourth-order valence-electron chi connectivity index (χ4n) is 1.92. The molecule has 2 unspecified atom stereocenters. The van der Waals surface area contributed by atoms with Gasteiger partial charge in [0.15, 0.2) is 0 Å². The van der Waals surface area contributed by atoms with Gasteiger partial charge in [-0.1, -0.05) is 19.1 Å². The monoisotopic (exact) mass is 256 g/mol. The van der Waals surface area contributed by atoms with Crippen LogP contribution in [-0.4, -0.2) is 21.5 Å². The van der Waals surface area contributed by atoms with E-state index in [4.69, 9.17) is 5.73 Å². The Hall–Kier alpha value is -0.910. The first-order valence-electron chi connectivity index (χ1n) is 5.71. The average Bonchev–Trinajstić information content (AvgIpc) is 2.30. The lowest BCUT2D eigenvalue weighted by Crippen LogP contribution is -2.24. The number of rotatable bonds is 5. The van der Waals surface area contributed by atoms with Gasteiger partial charge in [0.05, 0.1) is 4.90 Å². The molecule has 0 aliphatic carbocycles. The molecule has 1 aromatic rings. The number of sulfonamides is 1. The molecule has 0 bridgehead atoms. The molecule has 2 atom stereocenters. The molecule has 0 radical (unpaired) electrons. The predicted octanol–water partition coefficient (Wildman–Crippen LogP) is 1.44. The van der Waals surface area contributed by atoms with Crippen molar-refractivity contribution in [2.24, 2.45) is 5.73 Å². The van der Waals surface area contributed by atoms with Crippen molar-refractivity contribution in [1.82, 2.24) is 4.72 Å². The molecule has 0 saturated carbocycles. The second-order valence-electron chi connectivity index (χ2n) is 4.15. The maximum atomic E-state index is 11.5. The molecule has 4 nitrogen and oxygen atoms in total. The summed E-state index contributed by atoms with van der Waals surface area (Å²) in [5, 5.41) is 0. The van der Waals surface area contributed by atoms with E-state index in [0.29, 0.717) is 0 Å². The SMILES string of the molecule is CCC(c1ccc(S(=O)(=O)NC)cc1)C(C)N. The van der Waals surface area contributed by atoms with Crippen molar-refractivity contribution in [1.29, 1.82) is 0 Å². The van der Waals surface area contributed by atoms with Crippen molar-refractivity contribution in [2.75, 3.05) is 7.05 Å². The maximum Gasteiger partial charge on any atom is 0.240 e. The molecule has 17 heavy (non-hydrogen) atoms. The summed E-state index contributed by atoms with van der Waals surface area (Å²) in [7, 11) is -1.95. The summed E-state index contributed by atoms with van der Waals surface area (Å²) in [5.41, 5.74) is 6.98. The Morgan fingerprint density at radius 2 is 1.82 bits per heavy atom. The first-order chi connectivity index (χ1) is 7.92. The van der Waals surface area contributed by atoms with Gasteiger partial charge in [-0.05, 0) is 44.0 Å². The summed E-state index contributed by atoms with van der Waals surface area (Å²) in [6.07, 6.45) is 0.940. The smallest absolute Gasteiger partial charge is 0.240 e. The Bertz CT molecular complexity index is 452. The molecule has 0 aliphatic rings. The van der Waals surface area contributed by atoms with E-state index in [1.807, 2.05) is 19.1 Å². The van der Waals surface area contributed by atoms with Crippen molar-refractivity contribution in [3.8, 4) is 0 Å². The van der Waals surface area contributed by atoms with Crippen LogP contribution < -0.4 is 10.5 Å². The van der Waals surface area contributed by atoms with Gasteiger partial charge in [-0.25, -0.2) is 13.1 Å². The highest BCUT2D eigenvalue weighted by Gasteiger charge is 2.16. The Balaban J connectivity index is 3.03. The van der Waals surface area contributed by atoms with Crippen LogP contribution in [0.2, 0.25) is 0 Å². The molecule has 5 heteroatoms. The number of hydrogen-bond acceptors (Lipinski definition) is 3. The summed E-state index contributed by atoms with van der Waals surface area (Å²) in [6, 6.07) is 6.97. The van der Waals surface area contributed by atoms with Crippen LogP contribution in [0, 0.1) is 0 Å². The molecule has 0 heterocycles. The van der Waals surface area contributed by atoms with E-state index in [0.717, 1.165) is 12.0 Å². The molecule has 96 valence electrons. The zero-order chi connectivity index (χ0) is 13.1. The van der Waals surface area contributed by atoms with Crippen LogP contribution in [0.25, 0.3) is 0 Å². The van der Waals surface area contributed by atoms with Gasteiger partial charge in [-0.15, -0.1) is 0 Å². The summed E-state index contributed by atoms with van der Waals surface area (Å²) < 4.78 is 25.4. The number of nitrogens with two attached hydrogens (primary N) is 1. The van der Waals surface area contributed by atoms with E-state index in [9.17, 15) is 8.42 Å². The summed E-state index contributed by atoms with van der Waals surface area (Å²) >= 11 is 0. The molecule has 1 aromatic carbocycles. The molecular weight excluding hydrogens is 236 g/mol. The molecule has 0 amide bonds. The van der Waals surface area contributed by atoms with E-state index < -0.39 is 10.0 Å². The van der Waals surface area contributed by atoms with Gasteiger partial charge in [0.1, 0.15) is 0 Å². The van der Waals surface area contributed by atoms with Crippen molar-refractivity contribution in [3.63, 3.8) is 0 Å². The lowest BCUT2D eigenvalue weighted by Gasteiger charge is -2.19. The van der Waals surface area contributed by atoms with Crippen LogP contribution in [0.4, 0.5) is 0 Å². The minimum absolute atomic E-state index is 0.0618. The van der Waals surface area contributed by atoms with Gasteiger partial charge in [-0.2, -0.15) is 0 Å². The molecule has 0 fully saturated rings. The van der Waals surface area contributed by atoms with Gasteiger partial charge in [0.25, 0.3) is 0 Å². The largest absolute Gasteiger partial charge is 0.327 e. The van der Waals surface area contributed by atoms with E-state index in [1.54, 1.807) is 12.1 Å². The highest BCUT2D eigenvalue weighted by Crippen LogP contribution is 2.23. The number of hydrogen-bond donors (Lipinski definition) is 2. The Morgan fingerprint density at radius 1 is 1.29 bits per heavy atom. The van der Waals surface area contributed by atoms with E-state index in [-0.39, 0.29) is 16.9 Å². The predicted molar refractivity (Wildman–Crippen MR) is 69.4 cm³/mol. The molecule has 0 aromatic heterocycles. The molecule has 1 rings (SSSR count). The lowest BCUT2D eigenvalue weighted by molar-refractivity contribution is 0.552. The first-order valence-corrected chi connectivity index (χ1v) is 7.19. The highest BCUT2D eigenvalue weighted by molar-refractivity contribution is 7.89. The van der Waals surface area contributed by atoms with Crippen LogP contribution in [0.1, 0.15) is 31.7 Å². The summed E-state index contributed by atoms with van der Waals surface area (Å²) in [4.78, 5) is 0.281. The Labute approximate surface area is 103 Å². The summed E-state index contributed by atoms with van der Waals surface area (Å²) in [5.74, 6) is 0.265. The Morgan fingerprint density at radius 3 is 2.18 bits per heavy atom. The second-order valence-corrected chi connectivity index (χ2v) is 6.04. The van der Waals surface area contributed by atoms with Crippen LogP contribution in [0.3, 0.4) is 0 Å². The van der Waals surface area contributed by atoms with Crippen molar-refractivity contribution >= 4 is 10.0 Å². The van der Waals surface area contributed by atoms with Crippen LogP contribution >= 0.6 is 0 Å². The molecular formula is C12H20N2O2S. The van der Waals surface area contributed by atoms with Crippen LogP contribution in [-0.2, 0) is 10.0 Å². The zero-order valence-electron chi connectivity index (χ0n) is 10.5. The molecule has 0 aliphatic heterocycles. The van der Waals surface area contributed by atoms with Crippen LogP contribution in [0.5, 0.6) is 0 Å².